The molecule has 108 valence electrons. The molecule has 1 rings (SSSR count). The molecule has 3 N–H and O–H groups in total. The van der Waals surface area contributed by atoms with E-state index in [1.54, 1.807) is 7.05 Å². The molecule has 6 nitrogen and oxygen atoms in total. The van der Waals surface area contributed by atoms with Crippen LogP contribution in [0.2, 0.25) is 0 Å². The van der Waals surface area contributed by atoms with Crippen molar-refractivity contribution in [3.05, 3.63) is 0 Å². The fourth-order valence-corrected chi connectivity index (χ4v) is 2.41. The van der Waals surface area contributed by atoms with Gasteiger partial charge in [-0.3, -0.25) is 14.5 Å². The Morgan fingerprint density at radius 3 is 2.79 bits per heavy atom. The number of carbonyl (C=O) groups is 2. The number of hydrogen-bond donors (Lipinski definition) is 2. The first-order valence-electron chi connectivity index (χ1n) is 6.51. The summed E-state index contributed by atoms with van der Waals surface area (Å²) in [6.45, 7) is 4.78. The van der Waals surface area contributed by atoms with E-state index in [1.807, 2.05) is 0 Å². The van der Waals surface area contributed by atoms with Crippen molar-refractivity contribution in [3.63, 3.8) is 0 Å². The molecule has 0 aromatic carbocycles. The third-order valence-corrected chi connectivity index (χ3v) is 3.50. The Labute approximate surface area is 119 Å². The Hall–Kier alpha value is -1.21. The highest BCUT2D eigenvalue weighted by Gasteiger charge is 2.27. The maximum atomic E-state index is 11.8. The van der Waals surface area contributed by atoms with Gasteiger partial charge in [-0.25, -0.2) is 0 Å². The molecule has 0 aromatic rings. The molecular weight excluding hydrogens is 264 g/mol. The normalized spacial score (nSPS) is 19.2. The smallest absolute Gasteiger partial charge is 0.311 e. The SMILES string of the molecule is CCN1CCCC1CN(C)C(=O)C(=O)NCC(N)=S. The van der Waals surface area contributed by atoms with E-state index in [9.17, 15) is 9.59 Å². The number of nitrogens with one attached hydrogen (secondary N) is 1. The van der Waals surface area contributed by atoms with Crippen LogP contribution in [0.25, 0.3) is 0 Å². The topological polar surface area (TPSA) is 78.7 Å². The number of likely N-dealkylation sites (N-methyl/N-ethyl adjacent to an activating group) is 2. The summed E-state index contributed by atoms with van der Waals surface area (Å²) in [5.41, 5.74) is 5.27. The molecule has 1 atom stereocenters. The summed E-state index contributed by atoms with van der Waals surface area (Å²) in [6, 6.07) is 0.349. The molecule has 0 bridgehead atoms. The van der Waals surface area contributed by atoms with Crippen LogP contribution in [0.4, 0.5) is 0 Å². The zero-order valence-corrected chi connectivity index (χ0v) is 12.3. The van der Waals surface area contributed by atoms with Crippen LogP contribution < -0.4 is 11.1 Å². The Kier molecular flexibility index (Phi) is 6.17. The quantitative estimate of drug-likeness (QED) is 0.518. The summed E-state index contributed by atoms with van der Waals surface area (Å²) in [5, 5.41) is 2.40. The highest BCUT2D eigenvalue weighted by molar-refractivity contribution is 7.80. The van der Waals surface area contributed by atoms with Crippen LogP contribution in [-0.4, -0.2) is 65.9 Å². The Morgan fingerprint density at radius 2 is 2.21 bits per heavy atom. The summed E-state index contributed by atoms with van der Waals surface area (Å²) in [5.74, 6) is -1.20. The van der Waals surface area contributed by atoms with Gasteiger partial charge >= 0.3 is 11.8 Å². The molecule has 1 fully saturated rings. The lowest BCUT2D eigenvalue weighted by Crippen LogP contribution is -2.47. The minimum atomic E-state index is -0.656. The lowest BCUT2D eigenvalue weighted by Gasteiger charge is -2.27. The molecular formula is C12H22N4O2S. The van der Waals surface area contributed by atoms with Crippen molar-refractivity contribution in [1.29, 1.82) is 0 Å². The molecule has 1 saturated heterocycles. The number of thiocarbonyl (C=S) groups is 1. The predicted octanol–water partition coefficient (Wildman–Crippen LogP) is -0.669. The van der Waals surface area contributed by atoms with Gasteiger partial charge in [-0.1, -0.05) is 19.1 Å². The maximum absolute atomic E-state index is 11.8. The van der Waals surface area contributed by atoms with Crippen molar-refractivity contribution in [2.24, 2.45) is 5.73 Å². The maximum Gasteiger partial charge on any atom is 0.311 e. The monoisotopic (exact) mass is 286 g/mol. The van der Waals surface area contributed by atoms with E-state index in [0.29, 0.717) is 12.6 Å². The zero-order valence-electron chi connectivity index (χ0n) is 11.5. The molecule has 1 aliphatic heterocycles. The summed E-state index contributed by atoms with van der Waals surface area (Å²) >= 11 is 4.64. The molecule has 7 heteroatoms. The largest absolute Gasteiger partial charge is 0.392 e. The third-order valence-electron chi connectivity index (χ3n) is 3.35. The van der Waals surface area contributed by atoms with E-state index >= 15 is 0 Å². The summed E-state index contributed by atoms with van der Waals surface area (Å²) in [4.78, 5) is 27.4. The molecule has 1 aliphatic rings. The first kappa shape index (κ1) is 15.8. The van der Waals surface area contributed by atoms with Crippen molar-refractivity contribution < 1.29 is 9.59 Å². The zero-order chi connectivity index (χ0) is 14.4. The second-order valence-corrected chi connectivity index (χ2v) is 5.28. The van der Waals surface area contributed by atoms with Crippen LogP contribution in [0.5, 0.6) is 0 Å². The van der Waals surface area contributed by atoms with E-state index in [0.717, 1.165) is 25.9 Å². The first-order valence-corrected chi connectivity index (χ1v) is 6.92. The van der Waals surface area contributed by atoms with Gasteiger partial charge in [0.25, 0.3) is 0 Å². The summed E-state index contributed by atoms with van der Waals surface area (Å²) in [7, 11) is 1.65. The van der Waals surface area contributed by atoms with E-state index in [-0.39, 0.29) is 11.5 Å². The molecule has 0 spiro atoms. The Balaban J connectivity index is 2.43. The van der Waals surface area contributed by atoms with Gasteiger partial charge in [0.05, 0.1) is 11.5 Å². The number of nitrogens with zero attached hydrogens (tertiary/aromatic N) is 2. The number of carbonyl (C=O) groups excluding carboxylic acids is 2. The van der Waals surface area contributed by atoms with Crippen molar-refractivity contribution in [1.82, 2.24) is 15.1 Å². The molecule has 19 heavy (non-hydrogen) atoms. The van der Waals surface area contributed by atoms with Gasteiger partial charge in [0.1, 0.15) is 0 Å². The minimum absolute atomic E-state index is 0.0538. The van der Waals surface area contributed by atoms with Crippen LogP contribution in [0.3, 0.4) is 0 Å². The number of nitrogens with two attached hydrogens (primary N) is 1. The average molecular weight is 286 g/mol. The van der Waals surface area contributed by atoms with Crippen LogP contribution in [0.1, 0.15) is 19.8 Å². The molecule has 1 unspecified atom stereocenters. The van der Waals surface area contributed by atoms with E-state index in [4.69, 9.17) is 5.73 Å². The number of rotatable bonds is 5. The third kappa shape index (κ3) is 4.76. The van der Waals surface area contributed by atoms with Gasteiger partial charge in [-0.05, 0) is 25.9 Å². The average Bonchev–Trinajstić information content (AvgIpc) is 2.81. The Bertz CT molecular complexity index is 362. The van der Waals surface area contributed by atoms with Gasteiger partial charge in [0.2, 0.25) is 0 Å². The van der Waals surface area contributed by atoms with Crippen molar-refractivity contribution in [2.75, 3.05) is 33.2 Å². The van der Waals surface area contributed by atoms with Crippen LogP contribution >= 0.6 is 12.2 Å². The first-order chi connectivity index (χ1) is 8.95. The van der Waals surface area contributed by atoms with E-state index in [2.05, 4.69) is 29.4 Å². The fraction of sp³-hybridized carbons (Fsp3) is 0.750. The Morgan fingerprint density at radius 1 is 1.53 bits per heavy atom. The predicted molar refractivity (Wildman–Crippen MR) is 77.7 cm³/mol. The van der Waals surface area contributed by atoms with Gasteiger partial charge < -0.3 is 16.0 Å². The van der Waals surface area contributed by atoms with Gasteiger partial charge in [-0.2, -0.15) is 0 Å². The van der Waals surface area contributed by atoms with Gasteiger partial charge in [-0.15, -0.1) is 0 Å². The van der Waals surface area contributed by atoms with E-state index < -0.39 is 11.8 Å². The minimum Gasteiger partial charge on any atom is -0.392 e. The standard InChI is InChI=1S/C12H22N4O2S/c1-3-16-6-4-5-9(16)8-15(2)12(18)11(17)14-7-10(13)19/h9H,3-8H2,1-2H3,(H2,13,19)(H,14,17). The molecule has 0 saturated carbocycles. The van der Waals surface area contributed by atoms with Gasteiger partial charge in [0, 0.05) is 19.6 Å². The van der Waals surface area contributed by atoms with E-state index in [1.165, 1.54) is 4.90 Å². The molecule has 1 heterocycles. The van der Waals surface area contributed by atoms with Crippen LogP contribution in [0.15, 0.2) is 0 Å². The lowest BCUT2D eigenvalue weighted by molar-refractivity contribution is -0.145. The molecule has 2 amide bonds. The second-order valence-electron chi connectivity index (χ2n) is 4.76. The van der Waals surface area contributed by atoms with Crippen molar-refractivity contribution in [2.45, 2.75) is 25.8 Å². The molecule has 0 aliphatic carbocycles. The highest BCUT2D eigenvalue weighted by atomic mass is 32.1. The number of likely N-dealkylation sites (tertiary alicyclic amines) is 1. The highest BCUT2D eigenvalue weighted by Crippen LogP contribution is 2.17. The van der Waals surface area contributed by atoms with Crippen LogP contribution in [-0.2, 0) is 9.59 Å². The molecule has 0 aromatic heterocycles. The molecule has 0 radical (unpaired) electrons. The number of amides is 2. The summed E-state index contributed by atoms with van der Waals surface area (Å²) < 4.78 is 0. The summed E-state index contributed by atoms with van der Waals surface area (Å²) in [6.07, 6.45) is 2.22. The van der Waals surface area contributed by atoms with Crippen molar-refractivity contribution in [3.8, 4) is 0 Å². The number of hydrogen-bond acceptors (Lipinski definition) is 4. The lowest BCUT2D eigenvalue weighted by atomic mass is 10.2. The van der Waals surface area contributed by atoms with Gasteiger partial charge in [0.15, 0.2) is 0 Å². The fourth-order valence-electron chi connectivity index (χ4n) is 2.33. The second kappa shape index (κ2) is 7.40. The van der Waals surface area contributed by atoms with Crippen LogP contribution in [0, 0.1) is 0 Å². The van der Waals surface area contributed by atoms with Crippen molar-refractivity contribution >= 4 is 29.0 Å².